The highest BCUT2D eigenvalue weighted by Gasteiger charge is 2.17. The third-order valence-corrected chi connectivity index (χ3v) is 4.54. The van der Waals surface area contributed by atoms with Crippen molar-refractivity contribution in [1.82, 2.24) is 20.1 Å². The molecule has 2 aromatic carbocycles. The summed E-state index contributed by atoms with van der Waals surface area (Å²) < 4.78 is 7.16. The molecule has 0 radical (unpaired) electrons. The van der Waals surface area contributed by atoms with Gasteiger partial charge in [0, 0.05) is 18.3 Å². The summed E-state index contributed by atoms with van der Waals surface area (Å²) >= 11 is 1.35. The Hall–Kier alpha value is -2.80. The Morgan fingerprint density at radius 1 is 1.12 bits per heavy atom. The van der Waals surface area contributed by atoms with Gasteiger partial charge in [-0.15, -0.1) is 10.2 Å². The van der Waals surface area contributed by atoms with Gasteiger partial charge < -0.3 is 10.1 Å². The number of nitrogens with zero attached hydrogens (tertiary/aromatic N) is 3. The predicted octanol–water partition coefficient (Wildman–Crippen LogP) is 2.78. The van der Waals surface area contributed by atoms with Gasteiger partial charge in [0.1, 0.15) is 5.75 Å². The number of rotatable bonds is 6. The molecule has 3 rings (SSSR count). The molecule has 0 fully saturated rings. The second kappa shape index (κ2) is 7.85. The number of thioether (sulfide) groups is 1. The average molecular weight is 354 g/mol. The van der Waals surface area contributed by atoms with Crippen molar-refractivity contribution in [2.75, 3.05) is 19.9 Å². The first-order valence-electron chi connectivity index (χ1n) is 7.71. The lowest BCUT2D eigenvalue weighted by atomic mass is 10.2. The smallest absolute Gasteiger partial charge is 0.230 e. The minimum atomic E-state index is -0.0568. The molecular weight excluding hydrogens is 336 g/mol. The van der Waals surface area contributed by atoms with E-state index in [9.17, 15) is 4.79 Å². The van der Waals surface area contributed by atoms with Gasteiger partial charge in [0.05, 0.1) is 12.9 Å². The van der Waals surface area contributed by atoms with Crippen molar-refractivity contribution in [3.63, 3.8) is 0 Å². The van der Waals surface area contributed by atoms with Crippen molar-refractivity contribution in [2.45, 2.75) is 5.16 Å². The van der Waals surface area contributed by atoms with E-state index in [1.165, 1.54) is 11.8 Å². The fourth-order valence-corrected chi connectivity index (χ4v) is 3.13. The van der Waals surface area contributed by atoms with Crippen LogP contribution in [0.1, 0.15) is 0 Å². The van der Waals surface area contributed by atoms with Gasteiger partial charge in [0.25, 0.3) is 0 Å². The molecule has 128 valence electrons. The minimum Gasteiger partial charge on any atom is -0.497 e. The number of carbonyl (C=O) groups is 1. The summed E-state index contributed by atoms with van der Waals surface area (Å²) in [5.41, 5.74) is 1.86. The molecule has 7 heteroatoms. The largest absolute Gasteiger partial charge is 0.497 e. The van der Waals surface area contributed by atoms with E-state index in [-0.39, 0.29) is 11.7 Å². The monoisotopic (exact) mass is 354 g/mol. The van der Waals surface area contributed by atoms with Gasteiger partial charge in [-0.2, -0.15) is 0 Å². The first-order valence-corrected chi connectivity index (χ1v) is 8.70. The van der Waals surface area contributed by atoms with E-state index < -0.39 is 0 Å². The van der Waals surface area contributed by atoms with E-state index in [2.05, 4.69) is 15.5 Å². The normalized spacial score (nSPS) is 10.5. The number of aromatic nitrogens is 3. The SMILES string of the molecule is CNC(=O)CSc1nnc(-c2ccc(OC)cc2)n1-c1ccccc1. The van der Waals surface area contributed by atoms with Crippen LogP contribution in [0, 0.1) is 0 Å². The number of nitrogens with one attached hydrogen (secondary N) is 1. The minimum absolute atomic E-state index is 0.0568. The third kappa shape index (κ3) is 3.83. The standard InChI is InChI=1S/C18H18N4O2S/c1-19-16(23)12-25-18-21-20-17(13-8-10-15(24-2)11-9-13)22(18)14-6-4-3-5-7-14/h3-11H,12H2,1-2H3,(H,19,23). The Kier molecular flexibility index (Phi) is 5.35. The molecule has 0 aliphatic heterocycles. The van der Waals surface area contributed by atoms with Crippen LogP contribution in [0.25, 0.3) is 17.1 Å². The Morgan fingerprint density at radius 3 is 2.48 bits per heavy atom. The molecule has 0 aliphatic rings. The van der Waals surface area contributed by atoms with Crippen LogP contribution in [0.3, 0.4) is 0 Å². The molecule has 1 amide bonds. The van der Waals surface area contributed by atoms with Crippen molar-refractivity contribution >= 4 is 17.7 Å². The van der Waals surface area contributed by atoms with Gasteiger partial charge in [-0.25, -0.2) is 0 Å². The summed E-state index contributed by atoms with van der Waals surface area (Å²) in [6, 6.07) is 17.5. The summed E-state index contributed by atoms with van der Waals surface area (Å²) in [7, 11) is 3.25. The Bertz CT molecular complexity index is 847. The highest BCUT2D eigenvalue weighted by molar-refractivity contribution is 7.99. The van der Waals surface area contributed by atoms with Crippen LogP contribution in [0.4, 0.5) is 0 Å². The molecule has 0 bridgehead atoms. The summed E-state index contributed by atoms with van der Waals surface area (Å²) in [6.07, 6.45) is 0. The summed E-state index contributed by atoms with van der Waals surface area (Å²) in [6.45, 7) is 0. The molecule has 1 N–H and O–H groups in total. The second-order valence-corrected chi connectivity index (χ2v) is 6.11. The zero-order valence-electron chi connectivity index (χ0n) is 14.0. The molecule has 3 aromatic rings. The van der Waals surface area contributed by atoms with E-state index in [1.807, 2.05) is 59.2 Å². The lowest BCUT2D eigenvalue weighted by Gasteiger charge is -2.10. The van der Waals surface area contributed by atoms with E-state index >= 15 is 0 Å². The predicted molar refractivity (Wildman–Crippen MR) is 98.1 cm³/mol. The highest BCUT2D eigenvalue weighted by atomic mass is 32.2. The molecule has 1 heterocycles. The van der Waals surface area contributed by atoms with Gasteiger partial charge in [-0.05, 0) is 36.4 Å². The quantitative estimate of drug-likeness (QED) is 0.690. The molecule has 0 aliphatic carbocycles. The van der Waals surface area contributed by atoms with E-state index in [0.29, 0.717) is 11.0 Å². The van der Waals surface area contributed by atoms with Crippen molar-refractivity contribution < 1.29 is 9.53 Å². The molecule has 0 atom stereocenters. The maximum Gasteiger partial charge on any atom is 0.230 e. The van der Waals surface area contributed by atoms with Crippen LogP contribution in [-0.2, 0) is 4.79 Å². The molecule has 1 aromatic heterocycles. The Labute approximate surface area is 150 Å². The van der Waals surface area contributed by atoms with Crippen molar-refractivity contribution in [3.05, 3.63) is 54.6 Å². The van der Waals surface area contributed by atoms with Gasteiger partial charge >= 0.3 is 0 Å². The summed E-state index contributed by atoms with van der Waals surface area (Å²) in [5.74, 6) is 1.72. The number of benzene rings is 2. The first-order chi connectivity index (χ1) is 12.2. The number of carbonyl (C=O) groups excluding carboxylic acids is 1. The number of para-hydroxylation sites is 1. The van der Waals surface area contributed by atoms with Crippen molar-refractivity contribution in [1.29, 1.82) is 0 Å². The zero-order chi connectivity index (χ0) is 17.6. The van der Waals surface area contributed by atoms with Gasteiger partial charge in [0.15, 0.2) is 11.0 Å². The molecule has 0 saturated carbocycles. The van der Waals surface area contributed by atoms with Crippen molar-refractivity contribution in [2.24, 2.45) is 0 Å². The molecular formula is C18H18N4O2S. The van der Waals surface area contributed by atoms with Gasteiger partial charge in [0.2, 0.25) is 5.91 Å². The van der Waals surface area contributed by atoms with Crippen LogP contribution in [0.2, 0.25) is 0 Å². The lowest BCUT2D eigenvalue weighted by molar-refractivity contribution is -0.118. The molecule has 0 saturated heterocycles. The van der Waals surface area contributed by atoms with Crippen molar-refractivity contribution in [3.8, 4) is 22.8 Å². The number of methoxy groups -OCH3 is 1. The van der Waals surface area contributed by atoms with Crippen LogP contribution >= 0.6 is 11.8 Å². The average Bonchev–Trinajstić information content (AvgIpc) is 3.10. The molecule has 25 heavy (non-hydrogen) atoms. The number of amides is 1. The fourth-order valence-electron chi connectivity index (χ4n) is 2.30. The van der Waals surface area contributed by atoms with Crippen LogP contribution in [-0.4, -0.2) is 40.6 Å². The number of hydrogen-bond donors (Lipinski definition) is 1. The van der Waals surface area contributed by atoms with E-state index in [0.717, 1.165) is 17.0 Å². The molecule has 0 unspecified atom stereocenters. The lowest BCUT2D eigenvalue weighted by Crippen LogP contribution is -2.20. The first kappa shape index (κ1) is 17.0. The van der Waals surface area contributed by atoms with Crippen LogP contribution in [0.5, 0.6) is 5.75 Å². The van der Waals surface area contributed by atoms with Crippen LogP contribution < -0.4 is 10.1 Å². The van der Waals surface area contributed by atoms with Gasteiger partial charge in [-0.3, -0.25) is 9.36 Å². The summed E-state index contributed by atoms with van der Waals surface area (Å²) in [5, 5.41) is 11.9. The third-order valence-electron chi connectivity index (χ3n) is 3.61. The van der Waals surface area contributed by atoms with E-state index in [4.69, 9.17) is 4.74 Å². The Morgan fingerprint density at radius 2 is 1.84 bits per heavy atom. The maximum atomic E-state index is 11.6. The van der Waals surface area contributed by atoms with Gasteiger partial charge in [-0.1, -0.05) is 30.0 Å². The summed E-state index contributed by atoms with van der Waals surface area (Å²) in [4.78, 5) is 11.6. The Balaban J connectivity index is 2.02. The highest BCUT2D eigenvalue weighted by Crippen LogP contribution is 2.28. The molecule has 6 nitrogen and oxygen atoms in total. The fraction of sp³-hybridized carbons (Fsp3) is 0.167. The number of ether oxygens (including phenoxy) is 1. The maximum absolute atomic E-state index is 11.6. The topological polar surface area (TPSA) is 69.0 Å². The number of hydrogen-bond acceptors (Lipinski definition) is 5. The zero-order valence-corrected chi connectivity index (χ0v) is 14.8. The second-order valence-electron chi connectivity index (χ2n) is 5.17. The van der Waals surface area contributed by atoms with Crippen LogP contribution in [0.15, 0.2) is 59.8 Å². The van der Waals surface area contributed by atoms with E-state index in [1.54, 1.807) is 14.2 Å². The molecule has 0 spiro atoms.